The Labute approximate surface area is 192 Å². The van der Waals surface area contributed by atoms with Crippen molar-refractivity contribution < 1.29 is 4.79 Å². The number of para-hydroxylation sites is 1. The summed E-state index contributed by atoms with van der Waals surface area (Å²) >= 11 is 1.52. The van der Waals surface area contributed by atoms with Crippen molar-refractivity contribution in [3.63, 3.8) is 0 Å². The number of hydrogen-bond acceptors (Lipinski definition) is 5. The normalized spacial score (nSPS) is 12.3. The number of pyridine rings is 1. The molecular weight excluding hydrogens is 418 g/mol. The highest BCUT2D eigenvalue weighted by Gasteiger charge is 2.18. The third-order valence-electron chi connectivity index (χ3n) is 5.69. The molecule has 1 amide bonds. The molecule has 32 heavy (non-hydrogen) atoms. The first-order valence-corrected chi connectivity index (χ1v) is 12.1. The van der Waals surface area contributed by atoms with Crippen molar-refractivity contribution in [3.8, 4) is 0 Å². The fourth-order valence-electron chi connectivity index (χ4n) is 3.96. The van der Waals surface area contributed by atoms with Crippen molar-refractivity contribution in [1.29, 1.82) is 0 Å². The summed E-state index contributed by atoms with van der Waals surface area (Å²) in [5.74, 6) is 0.832. The molecule has 0 unspecified atom stereocenters. The quantitative estimate of drug-likeness (QED) is 0.245. The Hall–Kier alpha value is -2.90. The number of anilines is 1. The van der Waals surface area contributed by atoms with Crippen LogP contribution in [0.5, 0.6) is 0 Å². The lowest BCUT2D eigenvalue weighted by Gasteiger charge is -2.18. The number of nitrogens with zero attached hydrogens (tertiary/aromatic N) is 1. The summed E-state index contributed by atoms with van der Waals surface area (Å²) in [4.78, 5) is 21.7. The van der Waals surface area contributed by atoms with E-state index in [1.807, 2.05) is 31.4 Å². The molecule has 6 nitrogen and oxygen atoms in total. The molecule has 0 fully saturated rings. The maximum atomic E-state index is 13.1. The summed E-state index contributed by atoms with van der Waals surface area (Å²) in [5.41, 5.74) is 2.39. The van der Waals surface area contributed by atoms with E-state index in [1.54, 1.807) is 0 Å². The minimum atomic E-state index is -0.00293. The number of carbonyl (C=O) groups excluding carboxylic acids is 1. The molecule has 4 aromatic rings. The number of nitrogens with one attached hydrogen (secondary N) is 4. The van der Waals surface area contributed by atoms with Crippen LogP contribution < -0.4 is 16.0 Å². The van der Waals surface area contributed by atoms with Crippen molar-refractivity contribution in [2.45, 2.75) is 38.6 Å². The van der Waals surface area contributed by atoms with Crippen molar-refractivity contribution in [2.75, 3.05) is 25.5 Å². The van der Waals surface area contributed by atoms with E-state index >= 15 is 0 Å². The van der Waals surface area contributed by atoms with Gasteiger partial charge in [0.05, 0.1) is 4.88 Å². The summed E-state index contributed by atoms with van der Waals surface area (Å²) in [7, 11) is 1.93. The molecule has 0 aliphatic carbocycles. The van der Waals surface area contributed by atoms with E-state index in [-0.39, 0.29) is 11.9 Å². The van der Waals surface area contributed by atoms with E-state index in [2.05, 4.69) is 57.2 Å². The third-order valence-corrected chi connectivity index (χ3v) is 6.79. The predicted octanol–water partition coefficient (Wildman–Crippen LogP) is 4.94. The van der Waals surface area contributed by atoms with Crippen LogP contribution in [0.3, 0.4) is 0 Å². The molecule has 168 valence electrons. The fraction of sp³-hybridized carbons (Fsp3) is 0.360. The van der Waals surface area contributed by atoms with Gasteiger partial charge in [-0.1, -0.05) is 38.0 Å². The number of unbranched alkanes of at least 4 members (excludes halogenated alkanes) is 1. The van der Waals surface area contributed by atoms with E-state index in [4.69, 9.17) is 0 Å². The van der Waals surface area contributed by atoms with E-state index in [0.29, 0.717) is 0 Å². The molecule has 0 aliphatic heterocycles. The molecule has 1 atom stereocenters. The molecule has 0 saturated carbocycles. The molecule has 1 aromatic carbocycles. The number of hydrogen-bond donors (Lipinski definition) is 4. The number of amides is 1. The maximum absolute atomic E-state index is 13.1. The zero-order valence-corrected chi connectivity index (χ0v) is 19.5. The fourth-order valence-corrected chi connectivity index (χ4v) is 4.93. The Balaban J connectivity index is 1.48. The van der Waals surface area contributed by atoms with Gasteiger partial charge in [0.25, 0.3) is 5.91 Å². The van der Waals surface area contributed by atoms with Crippen molar-refractivity contribution in [2.24, 2.45) is 0 Å². The van der Waals surface area contributed by atoms with Crippen LogP contribution in [0, 0.1) is 0 Å². The zero-order valence-electron chi connectivity index (χ0n) is 18.7. The Morgan fingerprint density at radius 2 is 2.09 bits per heavy atom. The zero-order chi connectivity index (χ0) is 22.3. The molecule has 7 heteroatoms. The summed E-state index contributed by atoms with van der Waals surface area (Å²) < 4.78 is 1.07. The molecule has 3 aromatic heterocycles. The van der Waals surface area contributed by atoms with Crippen LogP contribution >= 0.6 is 11.3 Å². The molecule has 0 aliphatic rings. The molecule has 0 radical (unpaired) electrons. The summed E-state index contributed by atoms with van der Waals surface area (Å²) in [6.07, 6.45) is 7.90. The van der Waals surface area contributed by atoms with Gasteiger partial charge in [0.1, 0.15) is 5.82 Å². The first-order valence-electron chi connectivity index (χ1n) is 11.3. The topological polar surface area (TPSA) is 81.8 Å². The lowest BCUT2D eigenvalue weighted by Crippen LogP contribution is -2.36. The van der Waals surface area contributed by atoms with Crippen molar-refractivity contribution in [1.82, 2.24) is 20.6 Å². The monoisotopic (exact) mass is 449 g/mol. The van der Waals surface area contributed by atoms with E-state index in [1.165, 1.54) is 22.3 Å². The number of H-pyrrole nitrogens is 1. The molecule has 0 spiro atoms. The Bertz CT molecular complexity index is 1180. The van der Waals surface area contributed by atoms with E-state index in [9.17, 15) is 4.79 Å². The lowest BCUT2D eigenvalue weighted by molar-refractivity contribution is 0.0938. The third kappa shape index (κ3) is 5.29. The highest BCUT2D eigenvalue weighted by atomic mass is 32.1. The second-order valence-corrected chi connectivity index (χ2v) is 9.21. The van der Waals surface area contributed by atoms with Crippen LogP contribution in [0.1, 0.15) is 41.4 Å². The van der Waals surface area contributed by atoms with Gasteiger partial charge in [0.15, 0.2) is 0 Å². The molecule has 3 heterocycles. The van der Waals surface area contributed by atoms with Crippen molar-refractivity contribution in [3.05, 3.63) is 59.2 Å². The minimum Gasteiger partial charge on any atom is -0.369 e. The van der Waals surface area contributed by atoms with Crippen LogP contribution in [0.2, 0.25) is 0 Å². The van der Waals surface area contributed by atoms with Crippen LogP contribution in [-0.4, -0.2) is 42.1 Å². The number of carbonyl (C=O) groups is 1. The number of aromatic amines is 1. The van der Waals surface area contributed by atoms with Crippen LogP contribution in [0.4, 0.5) is 5.82 Å². The first-order chi connectivity index (χ1) is 15.7. The largest absolute Gasteiger partial charge is 0.369 e. The predicted molar refractivity (Wildman–Crippen MR) is 135 cm³/mol. The average molecular weight is 450 g/mol. The van der Waals surface area contributed by atoms with Gasteiger partial charge in [-0.15, -0.1) is 11.3 Å². The van der Waals surface area contributed by atoms with Crippen LogP contribution in [-0.2, 0) is 6.42 Å². The summed E-state index contributed by atoms with van der Waals surface area (Å²) in [6, 6.07) is 12.4. The van der Waals surface area contributed by atoms with Gasteiger partial charge >= 0.3 is 0 Å². The number of likely N-dealkylation sites (N-methyl/N-ethyl adjacent to an activating group) is 1. The van der Waals surface area contributed by atoms with Crippen molar-refractivity contribution >= 4 is 44.1 Å². The smallest absolute Gasteiger partial charge is 0.261 e. The number of thiophene rings is 1. The second-order valence-electron chi connectivity index (χ2n) is 8.12. The summed E-state index contributed by atoms with van der Waals surface area (Å²) in [5, 5.41) is 11.9. The SMILES string of the molecule is CCCC[C@H](Cc1c[nH]c2ccccc12)NC(=O)c1cc2cnc(NCCNC)cc2s1. The van der Waals surface area contributed by atoms with Gasteiger partial charge in [-0.25, -0.2) is 4.98 Å². The average Bonchev–Trinajstić information content (AvgIpc) is 3.42. The van der Waals surface area contributed by atoms with Gasteiger partial charge in [-0.05, 0) is 43.7 Å². The Morgan fingerprint density at radius 1 is 1.22 bits per heavy atom. The minimum absolute atomic E-state index is 0.00293. The molecule has 0 saturated heterocycles. The molecule has 0 bridgehead atoms. The molecule has 4 N–H and O–H groups in total. The van der Waals surface area contributed by atoms with Gasteiger partial charge in [0.2, 0.25) is 0 Å². The molecular formula is C25H31N5OS. The van der Waals surface area contributed by atoms with Gasteiger partial charge in [-0.3, -0.25) is 4.79 Å². The Morgan fingerprint density at radius 3 is 2.94 bits per heavy atom. The van der Waals surface area contributed by atoms with E-state index < -0.39 is 0 Å². The standard InChI is InChI=1S/C25H31N5OS/c1-3-4-7-19(12-17-15-28-21-9-6-5-8-20(17)21)30-25(31)23-13-18-16-29-24(14-22(18)32-23)27-11-10-26-2/h5-6,8-9,13-16,19,26,28H,3-4,7,10-12H2,1-2H3,(H,27,29)(H,30,31)/t19-/m1/s1. The number of rotatable bonds is 11. The number of fused-ring (bicyclic) bond motifs is 2. The Kier molecular flexibility index (Phi) is 7.39. The highest BCUT2D eigenvalue weighted by Crippen LogP contribution is 2.27. The second kappa shape index (κ2) is 10.6. The van der Waals surface area contributed by atoms with Crippen LogP contribution in [0.15, 0.2) is 48.8 Å². The summed E-state index contributed by atoms with van der Waals surface area (Å²) in [6.45, 7) is 3.86. The molecule has 4 rings (SSSR count). The lowest BCUT2D eigenvalue weighted by atomic mass is 10.0. The van der Waals surface area contributed by atoms with Crippen LogP contribution in [0.25, 0.3) is 21.0 Å². The number of aromatic nitrogens is 2. The number of benzene rings is 1. The van der Waals surface area contributed by atoms with E-state index in [0.717, 1.165) is 65.1 Å². The highest BCUT2D eigenvalue weighted by molar-refractivity contribution is 7.20. The van der Waals surface area contributed by atoms with Gasteiger partial charge in [0, 0.05) is 52.5 Å². The van der Waals surface area contributed by atoms with Gasteiger partial charge in [-0.2, -0.15) is 0 Å². The first kappa shape index (κ1) is 22.3. The maximum Gasteiger partial charge on any atom is 0.261 e. The van der Waals surface area contributed by atoms with Gasteiger partial charge < -0.3 is 20.9 Å².